The Labute approximate surface area is 145 Å². The summed E-state index contributed by atoms with van der Waals surface area (Å²) in [5.74, 6) is 0.559. The van der Waals surface area contributed by atoms with E-state index < -0.39 is 0 Å². The van der Waals surface area contributed by atoms with Crippen LogP contribution in [0, 0.1) is 0 Å². The van der Waals surface area contributed by atoms with Crippen LogP contribution in [0.4, 0.5) is 5.95 Å². The van der Waals surface area contributed by atoms with Crippen molar-refractivity contribution in [3.63, 3.8) is 0 Å². The van der Waals surface area contributed by atoms with E-state index in [1.807, 2.05) is 18.2 Å². The van der Waals surface area contributed by atoms with Crippen LogP contribution in [0.15, 0.2) is 49.2 Å². The lowest BCUT2D eigenvalue weighted by Crippen LogP contribution is -2.10. The zero-order valence-electron chi connectivity index (χ0n) is 13.7. The molecule has 0 bridgehead atoms. The van der Waals surface area contributed by atoms with Crippen LogP contribution in [0.2, 0.25) is 0 Å². The van der Waals surface area contributed by atoms with Crippen molar-refractivity contribution in [1.29, 1.82) is 0 Å². The lowest BCUT2D eigenvalue weighted by Gasteiger charge is -2.15. The summed E-state index contributed by atoms with van der Waals surface area (Å²) < 4.78 is 5.84. The molecule has 1 atom stereocenters. The summed E-state index contributed by atoms with van der Waals surface area (Å²) >= 11 is 0. The van der Waals surface area contributed by atoms with Gasteiger partial charge in [-0.05, 0) is 25.0 Å². The maximum atomic E-state index is 5.84. The fraction of sp³-hybridized carbons (Fsp3) is 0.278. The molecule has 0 aliphatic carbocycles. The summed E-state index contributed by atoms with van der Waals surface area (Å²) in [5, 5.41) is 3.23. The van der Waals surface area contributed by atoms with E-state index >= 15 is 0 Å². The monoisotopic (exact) mass is 334 g/mol. The van der Waals surface area contributed by atoms with Gasteiger partial charge in [-0.15, -0.1) is 0 Å². The van der Waals surface area contributed by atoms with Crippen molar-refractivity contribution >= 4 is 5.95 Å². The molecule has 25 heavy (non-hydrogen) atoms. The highest BCUT2D eigenvalue weighted by Crippen LogP contribution is 2.33. The Bertz CT molecular complexity index is 821. The van der Waals surface area contributed by atoms with Gasteiger partial charge in [0.15, 0.2) is 0 Å². The Morgan fingerprint density at radius 1 is 1.08 bits per heavy atom. The van der Waals surface area contributed by atoms with Crippen LogP contribution in [0.5, 0.6) is 0 Å². The molecule has 1 N–H and O–H groups in total. The van der Waals surface area contributed by atoms with Gasteiger partial charge in [-0.2, -0.15) is 0 Å². The topological polar surface area (TPSA) is 85.7 Å². The largest absolute Gasteiger partial charge is 0.372 e. The lowest BCUT2D eigenvalue weighted by atomic mass is 10.1. The molecule has 1 aliphatic rings. The summed E-state index contributed by atoms with van der Waals surface area (Å²) in [4.78, 5) is 22.0. The molecule has 7 nitrogen and oxygen atoms in total. The third-order valence-electron chi connectivity index (χ3n) is 4.05. The zero-order valence-corrected chi connectivity index (χ0v) is 13.7. The quantitative estimate of drug-likeness (QED) is 0.768. The van der Waals surface area contributed by atoms with Gasteiger partial charge in [0, 0.05) is 37.0 Å². The number of nitrogens with one attached hydrogen (secondary N) is 1. The fourth-order valence-electron chi connectivity index (χ4n) is 2.83. The van der Waals surface area contributed by atoms with Gasteiger partial charge in [0.1, 0.15) is 6.10 Å². The molecule has 0 radical (unpaired) electrons. The molecule has 3 aromatic heterocycles. The highest BCUT2D eigenvalue weighted by Gasteiger charge is 2.24. The van der Waals surface area contributed by atoms with E-state index in [9.17, 15) is 0 Å². The van der Waals surface area contributed by atoms with E-state index in [1.165, 1.54) is 0 Å². The number of nitrogens with zero attached hydrogens (tertiary/aromatic N) is 5. The second-order valence-electron chi connectivity index (χ2n) is 5.76. The van der Waals surface area contributed by atoms with Crippen molar-refractivity contribution in [3.8, 4) is 11.3 Å². The zero-order chi connectivity index (χ0) is 16.9. The summed E-state index contributed by atoms with van der Waals surface area (Å²) in [7, 11) is 0. The Morgan fingerprint density at radius 3 is 2.84 bits per heavy atom. The number of pyridine rings is 1. The molecule has 1 fully saturated rings. The average molecular weight is 334 g/mol. The number of aromatic nitrogens is 5. The normalized spacial score (nSPS) is 16.7. The van der Waals surface area contributed by atoms with Crippen molar-refractivity contribution in [2.24, 2.45) is 0 Å². The smallest absolute Gasteiger partial charge is 0.223 e. The van der Waals surface area contributed by atoms with Gasteiger partial charge in [0.2, 0.25) is 5.95 Å². The molecule has 0 saturated carbocycles. The third-order valence-corrected chi connectivity index (χ3v) is 4.05. The summed E-state index contributed by atoms with van der Waals surface area (Å²) in [5.41, 5.74) is 3.41. The SMILES string of the molecule is c1ccc(CNc2ncc(-c3cnccn3)c([C@H]3CCCO3)n2)nc1. The van der Waals surface area contributed by atoms with Crippen molar-refractivity contribution in [2.75, 3.05) is 11.9 Å². The standard InChI is InChI=1S/C18H18N6O/c1-2-6-20-13(4-1)10-22-18-23-11-14(15-12-19-7-8-21-15)17(24-18)16-5-3-9-25-16/h1-2,4,6-8,11-12,16H,3,5,9-10H2,(H,22,23,24)/t16-/m1/s1. The molecule has 0 unspecified atom stereocenters. The summed E-state index contributed by atoms with van der Waals surface area (Å²) in [6.07, 6.45) is 10.5. The number of ether oxygens (including phenoxy) is 1. The van der Waals surface area contributed by atoms with Crippen LogP contribution in [0.25, 0.3) is 11.3 Å². The van der Waals surface area contributed by atoms with Crippen molar-refractivity contribution < 1.29 is 4.74 Å². The minimum absolute atomic E-state index is 0.0320. The van der Waals surface area contributed by atoms with Crippen molar-refractivity contribution in [2.45, 2.75) is 25.5 Å². The van der Waals surface area contributed by atoms with Crippen LogP contribution in [0.3, 0.4) is 0 Å². The second kappa shape index (κ2) is 7.31. The molecule has 3 aromatic rings. The van der Waals surface area contributed by atoms with Gasteiger partial charge in [-0.1, -0.05) is 6.07 Å². The van der Waals surface area contributed by atoms with Crippen molar-refractivity contribution in [3.05, 3.63) is 60.6 Å². The maximum Gasteiger partial charge on any atom is 0.223 e. The second-order valence-corrected chi connectivity index (χ2v) is 5.76. The first-order valence-electron chi connectivity index (χ1n) is 8.29. The van der Waals surface area contributed by atoms with Gasteiger partial charge in [-0.3, -0.25) is 15.0 Å². The first kappa shape index (κ1) is 15.6. The van der Waals surface area contributed by atoms with Gasteiger partial charge in [0.05, 0.1) is 29.8 Å². The highest BCUT2D eigenvalue weighted by atomic mass is 16.5. The molecular weight excluding hydrogens is 316 g/mol. The van der Waals surface area contributed by atoms with Crippen LogP contribution in [-0.4, -0.2) is 31.5 Å². The van der Waals surface area contributed by atoms with Crippen LogP contribution >= 0.6 is 0 Å². The molecule has 0 amide bonds. The predicted octanol–water partition coefficient (Wildman–Crippen LogP) is 2.79. The molecule has 4 heterocycles. The van der Waals surface area contributed by atoms with Gasteiger partial charge in [-0.25, -0.2) is 9.97 Å². The van der Waals surface area contributed by atoms with E-state index in [0.717, 1.165) is 42.1 Å². The summed E-state index contributed by atoms with van der Waals surface area (Å²) in [6.45, 7) is 1.32. The van der Waals surface area contributed by atoms with Crippen LogP contribution < -0.4 is 5.32 Å². The van der Waals surface area contributed by atoms with Gasteiger partial charge < -0.3 is 10.1 Å². The number of anilines is 1. The average Bonchev–Trinajstić information content (AvgIpc) is 3.22. The molecule has 0 aromatic carbocycles. The minimum atomic E-state index is -0.0320. The molecular formula is C18H18N6O. The molecule has 126 valence electrons. The number of rotatable bonds is 5. The van der Waals surface area contributed by atoms with Gasteiger partial charge in [0.25, 0.3) is 0 Å². The van der Waals surface area contributed by atoms with Crippen LogP contribution in [-0.2, 0) is 11.3 Å². The Kier molecular flexibility index (Phi) is 4.56. The van der Waals surface area contributed by atoms with Gasteiger partial charge >= 0.3 is 0 Å². The van der Waals surface area contributed by atoms with Crippen molar-refractivity contribution in [1.82, 2.24) is 24.9 Å². The number of hydrogen-bond acceptors (Lipinski definition) is 7. The lowest BCUT2D eigenvalue weighted by molar-refractivity contribution is 0.109. The number of hydrogen-bond donors (Lipinski definition) is 1. The Morgan fingerprint density at radius 2 is 2.08 bits per heavy atom. The maximum absolute atomic E-state index is 5.84. The molecule has 0 spiro atoms. The first-order chi connectivity index (χ1) is 12.4. The van der Waals surface area contributed by atoms with Crippen LogP contribution in [0.1, 0.15) is 30.3 Å². The third kappa shape index (κ3) is 3.61. The van der Waals surface area contributed by atoms with E-state index in [-0.39, 0.29) is 6.10 Å². The van der Waals surface area contributed by atoms with E-state index in [4.69, 9.17) is 9.72 Å². The predicted molar refractivity (Wildman–Crippen MR) is 92.5 cm³/mol. The fourth-order valence-corrected chi connectivity index (χ4v) is 2.83. The van der Waals surface area contributed by atoms with E-state index in [0.29, 0.717) is 12.5 Å². The molecule has 7 heteroatoms. The summed E-state index contributed by atoms with van der Waals surface area (Å²) in [6, 6.07) is 5.81. The van der Waals surface area contributed by atoms with E-state index in [1.54, 1.807) is 31.0 Å². The van der Waals surface area contributed by atoms with E-state index in [2.05, 4.69) is 25.3 Å². The molecule has 4 rings (SSSR count). The first-order valence-corrected chi connectivity index (χ1v) is 8.29. The highest BCUT2D eigenvalue weighted by molar-refractivity contribution is 5.61. The Balaban J connectivity index is 1.62. The Hall–Kier alpha value is -2.93. The molecule has 1 saturated heterocycles. The molecule has 1 aliphatic heterocycles. The minimum Gasteiger partial charge on any atom is -0.372 e.